The summed E-state index contributed by atoms with van der Waals surface area (Å²) in [5.74, 6) is 0.833. The fraction of sp³-hybridized carbons (Fsp3) is 0.375. The van der Waals surface area contributed by atoms with Gasteiger partial charge in [-0.3, -0.25) is 0 Å². The molecule has 2 aromatic rings. The molecule has 0 amide bonds. The third-order valence-electron chi connectivity index (χ3n) is 3.64. The van der Waals surface area contributed by atoms with E-state index in [1.807, 2.05) is 11.3 Å². The average Bonchev–Trinajstić information content (AvgIpc) is 3.10. The first-order valence-corrected chi connectivity index (χ1v) is 7.57. The summed E-state index contributed by atoms with van der Waals surface area (Å²) in [6, 6.07) is 13.6. The molecule has 1 atom stereocenters. The average molecular weight is 257 g/mol. The van der Waals surface area contributed by atoms with Crippen LogP contribution in [0.25, 0.3) is 0 Å². The zero-order chi connectivity index (χ0) is 12.4. The second kappa shape index (κ2) is 5.25. The number of thiophene rings is 1. The fourth-order valence-corrected chi connectivity index (χ4v) is 3.15. The van der Waals surface area contributed by atoms with Gasteiger partial charge in [0.2, 0.25) is 0 Å². The van der Waals surface area contributed by atoms with Crippen molar-refractivity contribution >= 4 is 11.3 Å². The van der Waals surface area contributed by atoms with E-state index in [1.54, 1.807) is 5.56 Å². The highest BCUT2D eigenvalue weighted by molar-refractivity contribution is 7.10. The Morgan fingerprint density at radius 1 is 1.22 bits per heavy atom. The monoisotopic (exact) mass is 257 g/mol. The van der Waals surface area contributed by atoms with Gasteiger partial charge >= 0.3 is 0 Å². The van der Waals surface area contributed by atoms with Crippen molar-refractivity contribution in [3.05, 3.63) is 57.8 Å². The van der Waals surface area contributed by atoms with Crippen LogP contribution in [-0.4, -0.2) is 0 Å². The van der Waals surface area contributed by atoms with Crippen molar-refractivity contribution in [3.63, 3.8) is 0 Å². The predicted molar refractivity (Wildman–Crippen MR) is 78.0 cm³/mol. The Morgan fingerprint density at radius 3 is 2.78 bits per heavy atom. The second-order valence-corrected chi connectivity index (χ2v) is 6.07. The van der Waals surface area contributed by atoms with Crippen LogP contribution < -0.4 is 5.32 Å². The maximum absolute atomic E-state index is 3.63. The SMILES string of the molecule is C[C@@H](NCc1ccccc1C1CC1)c1cccs1. The molecule has 2 heteroatoms. The highest BCUT2D eigenvalue weighted by Gasteiger charge is 2.25. The highest BCUT2D eigenvalue weighted by atomic mass is 32.1. The summed E-state index contributed by atoms with van der Waals surface area (Å²) >= 11 is 1.83. The number of hydrogen-bond donors (Lipinski definition) is 1. The van der Waals surface area contributed by atoms with Crippen LogP contribution in [0.2, 0.25) is 0 Å². The molecule has 1 saturated carbocycles. The molecule has 0 radical (unpaired) electrons. The Hall–Kier alpha value is -1.12. The van der Waals surface area contributed by atoms with E-state index in [2.05, 4.69) is 54.0 Å². The van der Waals surface area contributed by atoms with Crippen LogP contribution in [0.1, 0.15) is 47.7 Å². The Bertz CT molecular complexity index is 500. The molecule has 0 unspecified atom stereocenters. The first kappa shape index (κ1) is 11.9. The van der Waals surface area contributed by atoms with Gasteiger partial charge in [0, 0.05) is 17.5 Å². The Kier molecular flexibility index (Phi) is 3.48. The van der Waals surface area contributed by atoms with E-state index in [-0.39, 0.29) is 0 Å². The smallest absolute Gasteiger partial charge is 0.0388 e. The normalized spacial score (nSPS) is 16.7. The molecule has 1 heterocycles. The zero-order valence-electron chi connectivity index (χ0n) is 10.7. The first-order valence-electron chi connectivity index (χ1n) is 6.69. The Balaban J connectivity index is 1.66. The minimum atomic E-state index is 0.442. The summed E-state index contributed by atoms with van der Waals surface area (Å²) in [6.07, 6.45) is 2.75. The van der Waals surface area contributed by atoms with E-state index in [4.69, 9.17) is 0 Å². The standard InChI is InChI=1S/C16H19NS/c1-12(16-7-4-10-18-16)17-11-14-5-2-3-6-15(14)13-8-9-13/h2-7,10,12-13,17H,8-9,11H2,1H3/t12-/m1/s1. The Morgan fingerprint density at radius 2 is 2.06 bits per heavy atom. The van der Waals surface area contributed by atoms with Gasteiger partial charge < -0.3 is 5.32 Å². The van der Waals surface area contributed by atoms with Crippen LogP contribution in [0.5, 0.6) is 0 Å². The van der Waals surface area contributed by atoms with E-state index in [9.17, 15) is 0 Å². The van der Waals surface area contributed by atoms with E-state index in [1.165, 1.54) is 23.3 Å². The molecule has 18 heavy (non-hydrogen) atoms. The van der Waals surface area contributed by atoms with E-state index < -0.39 is 0 Å². The molecule has 1 nitrogen and oxygen atoms in total. The largest absolute Gasteiger partial charge is 0.305 e. The van der Waals surface area contributed by atoms with E-state index >= 15 is 0 Å². The molecule has 0 saturated heterocycles. The minimum absolute atomic E-state index is 0.442. The predicted octanol–water partition coefficient (Wildman–Crippen LogP) is 4.48. The molecule has 1 aliphatic rings. The van der Waals surface area contributed by atoms with Gasteiger partial charge in [0.05, 0.1) is 0 Å². The molecule has 0 spiro atoms. The highest BCUT2D eigenvalue weighted by Crippen LogP contribution is 2.41. The van der Waals surface area contributed by atoms with Crippen molar-refractivity contribution in [3.8, 4) is 0 Å². The van der Waals surface area contributed by atoms with Crippen LogP contribution in [0.4, 0.5) is 0 Å². The Labute approximate surface area is 113 Å². The van der Waals surface area contributed by atoms with Crippen molar-refractivity contribution in [1.82, 2.24) is 5.32 Å². The lowest BCUT2D eigenvalue weighted by atomic mass is 10.0. The number of rotatable bonds is 5. The molecule has 94 valence electrons. The molecule has 1 aliphatic carbocycles. The maximum Gasteiger partial charge on any atom is 0.0388 e. The van der Waals surface area contributed by atoms with Crippen molar-refractivity contribution in [2.75, 3.05) is 0 Å². The lowest BCUT2D eigenvalue weighted by Gasteiger charge is -2.14. The number of hydrogen-bond acceptors (Lipinski definition) is 2. The van der Waals surface area contributed by atoms with Gasteiger partial charge in [-0.25, -0.2) is 0 Å². The summed E-state index contributed by atoms with van der Waals surface area (Å²) < 4.78 is 0. The maximum atomic E-state index is 3.63. The molecule has 0 aliphatic heterocycles. The van der Waals surface area contributed by atoms with Crippen molar-refractivity contribution in [2.45, 2.75) is 38.3 Å². The molecule has 1 fully saturated rings. The molecule has 1 aromatic carbocycles. The summed E-state index contributed by atoms with van der Waals surface area (Å²) in [4.78, 5) is 1.42. The van der Waals surface area contributed by atoms with Gasteiger partial charge in [0.15, 0.2) is 0 Å². The van der Waals surface area contributed by atoms with Crippen molar-refractivity contribution in [1.29, 1.82) is 0 Å². The lowest BCUT2D eigenvalue weighted by Crippen LogP contribution is -2.17. The summed E-state index contributed by atoms with van der Waals surface area (Å²) in [5, 5.41) is 5.78. The second-order valence-electron chi connectivity index (χ2n) is 5.09. The van der Waals surface area contributed by atoms with Crippen LogP contribution in [0.15, 0.2) is 41.8 Å². The topological polar surface area (TPSA) is 12.0 Å². The molecule has 1 aromatic heterocycles. The summed E-state index contributed by atoms with van der Waals surface area (Å²) in [6.45, 7) is 3.22. The van der Waals surface area contributed by atoms with Crippen LogP contribution in [0, 0.1) is 0 Å². The van der Waals surface area contributed by atoms with Gasteiger partial charge in [0.25, 0.3) is 0 Å². The molecular weight excluding hydrogens is 238 g/mol. The quantitative estimate of drug-likeness (QED) is 0.833. The molecule has 1 N–H and O–H groups in total. The van der Waals surface area contributed by atoms with Gasteiger partial charge in [-0.05, 0) is 48.3 Å². The number of benzene rings is 1. The van der Waals surface area contributed by atoms with Gasteiger partial charge in [-0.2, -0.15) is 0 Å². The third kappa shape index (κ3) is 2.65. The van der Waals surface area contributed by atoms with Gasteiger partial charge in [-0.15, -0.1) is 11.3 Å². The van der Waals surface area contributed by atoms with Crippen LogP contribution in [0.3, 0.4) is 0 Å². The van der Waals surface area contributed by atoms with Gasteiger partial charge in [-0.1, -0.05) is 30.3 Å². The summed E-state index contributed by atoms with van der Waals surface area (Å²) in [5.41, 5.74) is 3.03. The minimum Gasteiger partial charge on any atom is -0.305 e. The van der Waals surface area contributed by atoms with Crippen LogP contribution >= 0.6 is 11.3 Å². The molecular formula is C16H19NS. The van der Waals surface area contributed by atoms with Crippen LogP contribution in [-0.2, 0) is 6.54 Å². The first-order chi connectivity index (χ1) is 8.84. The number of nitrogens with one attached hydrogen (secondary N) is 1. The van der Waals surface area contributed by atoms with Gasteiger partial charge in [0.1, 0.15) is 0 Å². The zero-order valence-corrected chi connectivity index (χ0v) is 11.5. The van der Waals surface area contributed by atoms with E-state index in [0.717, 1.165) is 12.5 Å². The molecule has 3 rings (SSSR count). The molecule has 0 bridgehead atoms. The third-order valence-corrected chi connectivity index (χ3v) is 4.70. The fourth-order valence-electron chi connectivity index (χ4n) is 2.39. The van der Waals surface area contributed by atoms with Crippen molar-refractivity contribution in [2.24, 2.45) is 0 Å². The van der Waals surface area contributed by atoms with Crippen molar-refractivity contribution < 1.29 is 0 Å². The van der Waals surface area contributed by atoms with E-state index in [0.29, 0.717) is 6.04 Å². The summed E-state index contributed by atoms with van der Waals surface area (Å²) in [7, 11) is 0. The lowest BCUT2D eigenvalue weighted by molar-refractivity contribution is 0.580.